The van der Waals surface area contributed by atoms with E-state index < -0.39 is 20.7 Å². The van der Waals surface area contributed by atoms with Crippen molar-refractivity contribution in [2.24, 2.45) is 12.0 Å². The molecule has 1 heterocycles. The fourth-order valence-corrected chi connectivity index (χ4v) is 4.16. The number of aryl methyl sites for hydroxylation is 1. The molecule has 0 spiro atoms. The minimum atomic E-state index is -5.01. The molecule has 11 heteroatoms. The Labute approximate surface area is 101 Å². The van der Waals surface area contributed by atoms with Crippen LogP contribution < -0.4 is 4.80 Å². The van der Waals surface area contributed by atoms with Crippen molar-refractivity contribution in [2.75, 3.05) is 0 Å². The first-order valence-electron chi connectivity index (χ1n) is 4.29. The van der Waals surface area contributed by atoms with Crippen molar-refractivity contribution in [3.05, 3.63) is 15.9 Å². The lowest BCUT2D eigenvalue weighted by molar-refractivity contribution is 0.339. The molecule has 0 saturated heterocycles. The van der Waals surface area contributed by atoms with Crippen molar-refractivity contribution in [1.82, 2.24) is 4.57 Å². The zero-order valence-corrected chi connectivity index (χ0v) is 11.6. The van der Waals surface area contributed by atoms with E-state index in [0.717, 1.165) is 17.0 Å². The van der Waals surface area contributed by atoms with E-state index in [1.807, 2.05) is 0 Å². The molecule has 0 saturated carbocycles. The van der Waals surface area contributed by atoms with Gasteiger partial charge < -0.3 is 24.1 Å². The fourth-order valence-electron chi connectivity index (χ4n) is 1.01. The maximum Gasteiger partial charge on any atom is 0.362 e. The van der Waals surface area contributed by atoms with Gasteiger partial charge in [0, 0.05) is 18.1 Å². The smallest absolute Gasteiger partial charge is 0.324 e. The molecule has 1 aromatic heterocycles. The van der Waals surface area contributed by atoms with Gasteiger partial charge >= 0.3 is 15.2 Å². The summed E-state index contributed by atoms with van der Waals surface area (Å²) in [5.74, 6) is 0. The molecule has 0 fully saturated rings. The Morgan fingerprint density at radius 3 is 2.06 bits per heavy atom. The van der Waals surface area contributed by atoms with E-state index in [1.165, 1.54) is 4.57 Å². The van der Waals surface area contributed by atoms with Gasteiger partial charge in [0.1, 0.15) is 0 Å². The van der Waals surface area contributed by atoms with E-state index in [2.05, 4.69) is 4.99 Å². The highest BCUT2D eigenvalue weighted by Crippen LogP contribution is 2.60. The monoisotopic (exact) mass is 302 g/mol. The van der Waals surface area contributed by atoms with Crippen LogP contribution in [0.15, 0.2) is 10.4 Å². The van der Waals surface area contributed by atoms with Crippen LogP contribution in [0.4, 0.5) is 0 Å². The Hall–Kier alpha value is -0.270. The van der Waals surface area contributed by atoms with Gasteiger partial charge in [-0.25, -0.2) is 4.99 Å². The van der Waals surface area contributed by atoms with Gasteiger partial charge in [-0.05, 0) is 6.92 Å². The summed E-state index contributed by atoms with van der Waals surface area (Å²) in [6, 6.07) is 0. The number of thiazole rings is 1. The van der Waals surface area contributed by atoms with Crippen LogP contribution in [0.2, 0.25) is 0 Å². The van der Waals surface area contributed by atoms with Crippen molar-refractivity contribution >= 4 is 26.5 Å². The summed E-state index contributed by atoms with van der Waals surface area (Å²) in [6.45, 7) is 1.74. The van der Waals surface area contributed by atoms with Crippen LogP contribution in [-0.4, -0.2) is 29.7 Å². The van der Waals surface area contributed by atoms with E-state index in [-0.39, 0.29) is 4.80 Å². The Bertz CT molecular complexity index is 543. The van der Waals surface area contributed by atoms with E-state index in [4.69, 9.17) is 19.6 Å². The zero-order chi connectivity index (χ0) is 13.4. The third-order valence-electron chi connectivity index (χ3n) is 1.98. The Morgan fingerprint density at radius 2 is 1.76 bits per heavy atom. The van der Waals surface area contributed by atoms with Gasteiger partial charge in [-0.15, -0.1) is 11.3 Å². The van der Waals surface area contributed by atoms with Gasteiger partial charge in [0.05, 0.1) is 0 Å². The standard InChI is InChI=1S/C6H12N2O6P2S/c1-4-3-17-5(8(4)2)7-6(15(9,10)11)16(12,13)14/h3,6H,1-2H3,(H2,9,10,11)(H2,12,13,14). The molecule has 0 aliphatic heterocycles. The number of nitrogens with zero attached hydrogens (tertiary/aromatic N) is 2. The van der Waals surface area contributed by atoms with Crippen molar-refractivity contribution in [3.63, 3.8) is 0 Å². The van der Waals surface area contributed by atoms with Crippen molar-refractivity contribution in [2.45, 2.75) is 12.4 Å². The summed E-state index contributed by atoms with van der Waals surface area (Å²) in [5.41, 5.74) is -1.58. The summed E-state index contributed by atoms with van der Waals surface area (Å²) >= 11 is 1.05. The topological polar surface area (TPSA) is 132 Å². The van der Waals surface area contributed by atoms with Crippen LogP contribution >= 0.6 is 26.5 Å². The van der Waals surface area contributed by atoms with Gasteiger partial charge in [-0.3, -0.25) is 9.13 Å². The lowest BCUT2D eigenvalue weighted by Gasteiger charge is -2.14. The third kappa shape index (κ3) is 3.59. The first-order chi connectivity index (χ1) is 7.53. The Morgan fingerprint density at radius 1 is 1.29 bits per heavy atom. The second-order valence-electron chi connectivity index (χ2n) is 3.37. The second-order valence-corrected chi connectivity index (χ2v) is 7.95. The molecule has 1 rings (SSSR count). The predicted molar refractivity (Wildman–Crippen MR) is 61.5 cm³/mol. The van der Waals surface area contributed by atoms with Crippen molar-refractivity contribution in [1.29, 1.82) is 0 Å². The molecule has 0 unspecified atom stereocenters. The molecule has 0 aromatic carbocycles. The highest BCUT2D eigenvalue weighted by Gasteiger charge is 2.43. The average Bonchev–Trinajstić information content (AvgIpc) is 2.40. The van der Waals surface area contributed by atoms with Crippen LogP contribution in [-0.2, 0) is 16.2 Å². The minimum absolute atomic E-state index is 0.138. The normalized spacial score (nSPS) is 14.6. The number of rotatable bonds is 3. The van der Waals surface area contributed by atoms with Gasteiger partial charge in [-0.2, -0.15) is 0 Å². The molecule has 98 valence electrons. The SMILES string of the molecule is Cc1csc(=NC(P(=O)(O)O)P(=O)(O)O)n1C. The van der Waals surface area contributed by atoms with Gasteiger partial charge in [0.2, 0.25) is 0 Å². The fraction of sp³-hybridized carbons (Fsp3) is 0.500. The molecule has 0 bridgehead atoms. The van der Waals surface area contributed by atoms with Crippen molar-refractivity contribution < 1.29 is 28.7 Å². The summed E-state index contributed by atoms with van der Waals surface area (Å²) < 4.78 is 23.5. The molecule has 0 aliphatic rings. The average molecular weight is 302 g/mol. The Kier molecular flexibility index (Phi) is 4.16. The molecular formula is C6H12N2O6P2S. The molecular weight excluding hydrogens is 290 g/mol. The summed E-state index contributed by atoms with van der Waals surface area (Å²) in [4.78, 5) is 39.2. The van der Waals surface area contributed by atoms with E-state index >= 15 is 0 Å². The second kappa shape index (κ2) is 4.78. The van der Waals surface area contributed by atoms with Crippen LogP contribution in [0, 0.1) is 6.92 Å². The maximum absolute atomic E-state index is 11.0. The lowest BCUT2D eigenvalue weighted by atomic mass is 10.6. The molecule has 8 nitrogen and oxygen atoms in total. The predicted octanol–water partition coefficient (Wildman–Crippen LogP) is -0.0653. The largest absolute Gasteiger partial charge is 0.362 e. The molecule has 0 radical (unpaired) electrons. The highest BCUT2D eigenvalue weighted by atomic mass is 32.1. The molecule has 0 atom stereocenters. The van der Waals surface area contributed by atoms with E-state index in [9.17, 15) is 9.13 Å². The van der Waals surface area contributed by atoms with Gasteiger partial charge in [0.25, 0.3) is 5.52 Å². The number of hydrogen-bond donors (Lipinski definition) is 4. The molecule has 0 amide bonds. The van der Waals surface area contributed by atoms with E-state index in [0.29, 0.717) is 0 Å². The maximum atomic E-state index is 11.0. The summed E-state index contributed by atoms with van der Waals surface area (Å²) in [6.07, 6.45) is 0. The van der Waals surface area contributed by atoms with Crippen LogP contribution in [0.1, 0.15) is 5.69 Å². The van der Waals surface area contributed by atoms with E-state index in [1.54, 1.807) is 19.4 Å². The number of hydrogen-bond acceptors (Lipinski definition) is 4. The number of aromatic nitrogens is 1. The van der Waals surface area contributed by atoms with Crippen LogP contribution in [0.5, 0.6) is 0 Å². The Balaban J connectivity index is 3.39. The third-order valence-corrected chi connectivity index (χ3v) is 6.27. The lowest BCUT2D eigenvalue weighted by Crippen LogP contribution is -2.17. The molecule has 0 aliphatic carbocycles. The van der Waals surface area contributed by atoms with Crippen LogP contribution in [0.3, 0.4) is 0 Å². The summed E-state index contributed by atoms with van der Waals surface area (Å²) in [7, 11) is -8.44. The summed E-state index contributed by atoms with van der Waals surface area (Å²) in [5, 5.41) is 1.66. The zero-order valence-electron chi connectivity index (χ0n) is 8.96. The van der Waals surface area contributed by atoms with Crippen molar-refractivity contribution in [3.8, 4) is 0 Å². The van der Waals surface area contributed by atoms with Gasteiger partial charge in [0.15, 0.2) is 4.80 Å². The molecule has 4 N–H and O–H groups in total. The quantitative estimate of drug-likeness (QED) is 0.578. The first-order valence-corrected chi connectivity index (χ1v) is 8.53. The molecule has 1 aromatic rings. The van der Waals surface area contributed by atoms with Crippen LogP contribution in [0.25, 0.3) is 0 Å². The van der Waals surface area contributed by atoms with Gasteiger partial charge in [-0.1, -0.05) is 0 Å². The molecule has 17 heavy (non-hydrogen) atoms. The highest BCUT2D eigenvalue weighted by molar-refractivity contribution is 7.70. The minimum Gasteiger partial charge on any atom is -0.324 e. The first kappa shape index (κ1) is 14.8.